The number of benzene rings is 7. The summed E-state index contributed by atoms with van der Waals surface area (Å²) in [6, 6.07) is 59.1. The molecule has 3 nitrogen and oxygen atoms in total. The largest absolute Gasteiger partial charge is 0.455 e. The summed E-state index contributed by atoms with van der Waals surface area (Å²) in [6.07, 6.45) is 9.81. The Bertz CT molecular complexity index is 2740. The van der Waals surface area contributed by atoms with E-state index in [1.165, 1.54) is 38.6 Å². The smallest absolute Gasteiger partial charge is 0.143 e. The molecular weight excluding hydrogens is 621 g/mol. The second-order valence-electron chi connectivity index (χ2n) is 13.3. The summed E-state index contributed by atoms with van der Waals surface area (Å²) in [4.78, 5) is 2.47. The van der Waals surface area contributed by atoms with E-state index < -0.39 is 0 Å². The van der Waals surface area contributed by atoms with Gasteiger partial charge in [-0.1, -0.05) is 140 Å². The second-order valence-corrected chi connectivity index (χ2v) is 13.3. The predicted molar refractivity (Wildman–Crippen MR) is 214 cm³/mol. The Morgan fingerprint density at radius 3 is 1.96 bits per heavy atom. The Balaban J connectivity index is 1.08. The molecule has 0 saturated carbocycles. The maximum absolute atomic E-state index is 6.39. The van der Waals surface area contributed by atoms with Crippen LogP contribution in [0.5, 0.6) is 0 Å². The topological polar surface area (TPSA) is 21.3 Å². The molecule has 0 saturated heterocycles. The van der Waals surface area contributed by atoms with Crippen LogP contribution in [0.4, 0.5) is 11.4 Å². The molecule has 0 N–H and O–H groups in total. The van der Waals surface area contributed by atoms with Crippen molar-refractivity contribution in [3.63, 3.8) is 0 Å². The number of anilines is 2. The zero-order valence-corrected chi connectivity index (χ0v) is 28.0. The minimum absolute atomic E-state index is 0.183. The van der Waals surface area contributed by atoms with Gasteiger partial charge in [0.25, 0.3) is 0 Å². The molecule has 0 bridgehead atoms. The molecule has 242 valence electrons. The van der Waals surface area contributed by atoms with E-state index in [2.05, 4.69) is 185 Å². The molecule has 3 heteroatoms. The second kappa shape index (κ2) is 12.1. The van der Waals surface area contributed by atoms with Crippen LogP contribution in [0.1, 0.15) is 6.42 Å². The fraction of sp³-hybridized carbons (Fsp3) is 0.0417. The number of allylic oxidation sites excluding steroid dienone is 2. The monoisotopic (exact) mass is 654 g/mol. The van der Waals surface area contributed by atoms with Crippen LogP contribution in [0, 0.1) is 0 Å². The van der Waals surface area contributed by atoms with Crippen molar-refractivity contribution in [1.82, 2.24) is 4.57 Å². The Labute approximate surface area is 296 Å². The van der Waals surface area contributed by atoms with Gasteiger partial charge in [-0.15, -0.1) is 0 Å². The van der Waals surface area contributed by atoms with E-state index in [1.54, 1.807) is 0 Å². The van der Waals surface area contributed by atoms with E-state index in [1.807, 2.05) is 12.1 Å². The molecule has 0 fully saturated rings. The summed E-state index contributed by atoms with van der Waals surface area (Å²) in [5.74, 6) is 0. The molecule has 51 heavy (non-hydrogen) atoms. The van der Waals surface area contributed by atoms with Crippen molar-refractivity contribution in [3.8, 4) is 27.9 Å². The van der Waals surface area contributed by atoms with Crippen LogP contribution < -0.4 is 4.90 Å². The maximum Gasteiger partial charge on any atom is 0.143 e. The standard InChI is InChI=1S/C48H34N2O/c1-2-15-35(16-3-1)49(36-30-28-33(29-31-36)39-22-13-23-43-42-21-7-11-27-47(42)51-48(39)43)37-17-12-14-34(32-37)38-18-4-8-24-44(38)50-45-25-9-5-19-40(45)41-20-6-10-26-46(41)50/h1-15,17-32,35H,16H2. The van der Waals surface area contributed by atoms with E-state index in [9.17, 15) is 0 Å². The quantitative estimate of drug-likeness (QED) is 0.178. The molecule has 0 amide bonds. The van der Waals surface area contributed by atoms with Crippen molar-refractivity contribution >= 4 is 55.1 Å². The zero-order chi connectivity index (χ0) is 33.7. The first-order chi connectivity index (χ1) is 25.3. The van der Waals surface area contributed by atoms with Crippen molar-refractivity contribution in [2.45, 2.75) is 12.5 Å². The highest BCUT2D eigenvalue weighted by Gasteiger charge is 2.21. The lowest BCUT2D eigenvalue weighted by Gasteiger charge is -2.33. The third-order valence-electron chi connectivity index (χ3n) is 10.3. The van der Waals surface area contributed by atoms with Gasteiger partial charge in [0.1, 0.15) is 11.2 Å². The molecule has 9 aromatic rings. The first-order valence-corrected chi connectivity index (χ1v) is 17.6. The van der Waals surface area contributed by atoms with Crippen molar-refractivity contribution in [3.05, 3.63) is 188 Å². The van der Waals surface area contributed by atoms with Gasteiger partial charge in [0.05, 0.1) is 22.8 Å². The minimum Gasteiger partial charge on any atom is -0.455 e. The summed E-state index contributed by atoms with van der Waals surface area (Å²) in [5.41, 5.74) is 12.3. The highest BCUT2D eigenvalue weighted by Crippen LogP contribution is 2.40. The SMILES string of the molecule is C1=CCC(N(c2ccc(-c3cccc4c3oc3ccccc34)cc2)c2cccc(-c3ccccc3-n3c4ccccc4c4ccccc43)c2)C=C1. The fourth-order valence-electron chi connectivity index (χ4n) is 7.99. The number of fused-ring (bicyclic) bond motifs is 6. The number of furan rings is 1. The van der Waals surface area contributed by atoms with Gasteiger partial charge in [0.15, 0.2) is 0 Å². The average molecular weight is 655 g/mol. The molecule has 1 unspecified atom stereocenters. The van der Waals surface area contributed by atoms with Crippen LogP contribution in [0.3, 0.4) is 0 Å². The fourth-order valence-corrected chi connectivity index (χ4v) is 7.99. The van der Waals surface area contributed by atoms with Gasteiger partial charge >= 0.3 is 0 Å². The maximum atomic E-state index is 6.39. The number of hydrogen-bond donors (Lipinski definition) is 0. The Kier molecular flexibility index (Phi) is 6.95. The Morgan fingerprint density at radius 2 is 1.18 bits per heavy atom. The van der Waals surface area contributed by atoms with Crippen molar-refractivity contribution in [2.75, 3.05) is 4.90 Å². The molecule has 2 aromatic heterocycles. The number of hydrogen-bond acceptors (Lipinski definition) is 2. The lowest BCUT2D eigenvalue weighted by molar-refractivity contribution is 0.670. The van der Waals surface area contributed by atoms with Crippen LogP contribution in [-0.2, 0) is 0 Å². The van der Waals surface area contributed by atoms with E-state index >= 15 is 0 Å². The molecular formula is C48H34N2O. The van der Waals surface area contributed by atoms with Crippen molar-refractivity contribution in [2.24, 2.45) is 0 Å². The highest BCUT2D eigenvalue weighted by molar-refractivity contribution is 6.10. The van der Waals surface area contributed by atoms with Gasteiger partial charge < -0.3 is 13.9 Å². The van der Waals surface area contributed by atoms with Crippen molar-refractivity contribution in [1.29, 1.82) is 0 Å². The summed E-state index contributed by atoms with van der Waals surface area (Å²) >= 11 is 0. The third kappa shape index (κ3) is 4.89. The van der Waals surface area contributed by atoms with Gasteiger partial charge in [-0.25, -0.2) is 0 Å². The Hall–Kier alpha value is -6.58. The first-order valence-electron chi connectivity index (χ1n) is 17.6. The molecule has 10 rings (SSSR count). The number of aromatic nitrogens is 1. The molecule has 0 aliphatic heterocycles. The van der Waals surface area contributed by atoms with Crippen molar-refractivity contribution < 1.29 is 4.42 Å². The lowest BCUT2D eigenvalue weighted by Crippen LogP contribution is -2.29. The molecule has 1 aliphatic carbocycles. The molecule has 1 atom stereocenters. The molecule has 2 heterocycles. The van der Waals surface area contributed by atoms with Gasteiger partial charge in [-0.3, -0.25) is 0 Å². The minimum atomic E-state index is 0.183. The third-order valence-corrected chi connectivity index (χ3v) is 10.3. The molecule has 0 spiro atoms. The predicted octanol–water partition coefficient (Wildman–Crippen LogP) is 13.0. The summed E-state index contributed by atoms with van der Waals surface area (Å²) in [6.45, 7) is 0. The Morgan fingerprint density at radius 1 is 0.510 bits per heavy atom. The van der Waals surface area contributed by atoms with Gasteiger partial charge in [0, 0.05) is 44.0 Å². The van der Waals surface area contributed by atoms with Crippen LogP contribution in [0.2, 0.25) is 0 Å². The first kappa shape index (κ1) is 29.3. The zero-order valence-electron chi connectivity index (χ0n) is 28.0. The van der Waals surface area contributed by atoms with Gasteiger partial charge in [0.2, 0.25) is 0 Å². The summed E-state index contributed by atoms with van der Waals surface area (Å²) in [5, 5.41) is 4.82. The van der Waals surface area contributed by atoms with Crippen LogP contribution in [0.25, 0.3) is 71.7 Å². The van der Waals surface area contributed by atoms with Crippen LogP contribution in [0.15, 0.2) is 193 Å². The average Bonchev–Trinajstić information content (AvgIpc) is 3.75. The van der Waals surface area contributed by atoms with E-state index in [-0.39, 0.29) is 6.04 Å². The van der Waals surface area contributed by atoms with Gasteiger partial charge in [-0.2, -0.15) is 0 Å². The van der Waals surface area contributed by atoms with Crippen LogP contribution in [-0.4, -0.2) is 10.6 Å². The van der Waals surface area contributed by atoms with E-state index in [0.29, 0.717) is 0 Å². The number of nitrogens with zero attached hydrogens (tertiary/aromatic N) is 2. The summed E-state index contributed by atoms with van der Waals surface area (Å²) < 4.78 is 8.81. The number of para-hydroxylation sites is 5. The number of rotatable bonds is 6. The molecule has 7 aromatic carbocycles. The lowest BCUT2D eigenvalue weighted by atomic mass is 9.99. The molecule has 1 aliphatic rings. The van der Waals surface area contributed by atoms with E-state index in [0.717, 1.165) is 50.9 Å². The van der Waals surface area contributed by atoms with Crippen LogP contribution >= 0.6 is 0 Å². The highest BCUT2D eigenvalue weighted by atomic mass is 16.3. The van der Waals surface area contributed by atoms with Gasteiger partial charge in [-0.05, 0) is 66.1 Å². The van der Waals surface area contributed by atoms with E-state index in [4.69, 9.17) is 4.42 Å². The summed E-state index contributed by atoms with van der Waals surface area (Å²) in [7, 11) is 0. The molecule has 0 radical (unpaired) electrons. The normalized spacial score (nSPS) is 14.2.